The smallest absolute Gasteiger partial charge is 0.250 e. The maximum atomic E-state index is 12.1. The Morgan fingerprint density at radius 3 is 2.38 bits per heavy atom. The van der Waals surface area contributed by atoms with Gasteiger partial charge in [-0.2, -0.15) is 0 Å². The van der Waals surface area contributed by atoms with Gasteiger partial charge in [0.15, 0.2) is 0 Å². The molecule has 3 rings (SSSR count). The highest BCUT2D eigenvalue weighted by molar-refractivity contribution is 6.34. The van der Waals surface area contributed by atoms with E-state index in [-0.39, 0.29) is 16.5 Å². The Bertz CT molecular complexity index is 1030. The molecule has 3 N–H and O–H groups in total. The molecule has 146 valence electrons. The Morgan fingerprint density at radius 2 is 1.72 bits per heavy atom. The molecule has 0 saturated carbocycles. The molecular weight excluding hydrogens is 388 g/mol. The third kappa shape index (κ3) is 5.96. The van der Waals surface area contributed by atoms with Crippen LogP contribution < -0.4 is 15.8 Å². The minimum atomic E-state index is -0.621. The number of rotatable bonds is 7. The summed E-state index contributed by atoms with van der Waals surface area (Å²) >= 11 is 5.98. The van der Waals surface area contributed by atoms with Crippen LogP contribution in [-0.4, -0.2) is 11.8 Å². The van der Waals surface area contributed by atoms with Crippen molar-refractivity contribution in [2.75, 3.05) is 5.32 Å². The van der Waals surface area contributed by atoms with E-state index in [1.165, 1.54) is 18.2 Å². The number of halogens is 1. The predicted molar refractivity (Wildman–Crippen MR) is 115 cm³/mol. The van der Waals surface area contributed by atoms with Crippen molar-refractivity contribution in [3.8, 4) is 5.75 Å². The maximum Gasteiger partial charge on any atom is 0.250 e. The van der Waals surface area contributed by atoms with Gasteiger partial charge in [0.05, 0.1) is 10.6 Å². The van der Waals surface area contributed by atoms with Gasteiger partial charge in [-0.1, -0.05) is 54.1 Å². The Hall–Kier alpha value is -3.57. The van der Waals surface area contributed by atoms with Crippen LogP contribution in [0.3, 0.4) is 0 Å². The van der Waals surface area contributed by atoms with Crippen LogP contribution in [0.4, 0.5) is 5.69 Å². The van der Waals surface area contributed by atoms with Crippen molar-refractivity contribution in [2.24, 2.45) is 5.73 Å². The fourth-order valence-electron chi connectivity index (χ4n) is 2.56. The molecular formula is C23H19ClN2O3. The van der Waals surface area contributed by atoms with Crippen LogP contribution in [0.15, 0.2) is 78.9 Å². The van der Waals surface area contributed by atoms with Gasteiger partial charge in [-0.15, -0.1) is 0 Å². The van der Waals surface area contributed by atoms with E-state index >= 15 is 0 Å². The number of hydrogen-bond acceptors (Lipinski definition) is 3. The molecule has 2 amide bonds. The van der Waals surface area contributed by atoms with Gasteiger partial charge in [0.2, 0.25) is 11.8 Å². The summed E-state index contributed by atoms with van der Waals surface area (Å²) in [6, 6.07) is 21.9. The predicted octanol–water partition coefficient (Wildman–Crippen LogP) is 4.67. The minimum Gasteiger partial charge on any atom is -0.489 e. The van der Waals surface area contributed by atoms with Crippen molar-refractivity contribution in [3.63, 3.8) is 0 Å². The number of primary amides is 1. The largest absolute Gasteiger partial charge is 0.489 e. The summed E-state index contributed by atoms with van der Waals surface area (Å²) in [6.07, 6.45) is 3.10. The van der Waals surface area contributed by atoms with Crippen LogP contribution in [0.25, 0.3) is 6.08 Å². The summed E-state index contributed by atoms with van der Waals surface area (Å²) in [5.74, 6) is -0.194. The SMILES string of the molecule is NC(=O)c1ccc(NC(=O)C=Cc2ccc(OCc3ccccc3)cc2)cc1Cl. The van der Waals surface area contributed by atoms with E-state index in [9.17, 15) is 9.59 Å². The van der Waals surface area contributed by atoms with E-state index in [4.69, 9.17) is 22.1 Å². The summed E-state index contributed by atoms with van der Waals surface area (Å²) in [4.78, 5) is 23.3. The Balaban J connectivity index is 1.54. The lowest BCUT2D eigenvalue weighted by molar-refractivity contribution is -0.111. The Labute approximate surface area is 173 Å². The first-order chi connectivity index (χ1) is 14.0. The first-order valence-corrected chi connectivity index (χ1v) is 9.24. The van der Waals surface area contributed by atoms with E-state index < -0.39 is 5.91 Å². The van der Waals surface area contributed by atoms with Crippen LogP contribution in [0, 0.1) is 0 Å². The van der Waals surface area contributed by atoms with Gasteiger partial charge in [-0.05, 0) is 47.5 Å². The minimum absolute atomic E-state index is 0.186. The van der Waals surface area contributed by atoms with Crippen molar-refractivity contribution < 1.29 is 14.3 Å². The molecule has 0 spiro atoms. The zero-order valence-electron chi connectivity index (χ0n) is 15.5. The number of amides is 2. The summed E-state index contributed by atoms with van der Waals surface area (Å²) in [5, 5.41) is 2.87. The van der Waals surface area contributed by atoms with Crippen molar-refractivity contribution in [2.45, 2.75) is 6.61 Å². The van der Waals surface area contributed by atoms with Gasteiger partial charge in [0.25, 0.3) is 0 Å². The highest BCUT2D eigenvalue weighted by Gasteiger charge is 2.08. The number of carbonyl (C=O) groups is 2. The average molecular weight is 407 g/mol. The standard InChI is InChI=1S/C23H19ClN2O3/c24-21-14-18(9-12-20(21)23(25)28)26-22(27)13-8-16-6-10-19(11-7-16)29-15-17-4-2-1-3-5-17/h1-14H,15H2,(H2,25,28)(H,26,27). The molecule has 3 aromatic rings. The molecule has 0 aliphatic carbocycles. The van der Waals surface area contributed by atoms with Gasteiger partial charge in [-0.25, -0.2) is 0 Å². The topological polar surface area (TPSA) is 81.4 Å². The summed E-state index contributed by atoms with van der Waals surface area (Å²) < 4.78 is 5.74. The second-order valence-corrected chi connectivity index (χ2v) is 6.63. The van der Waals surface area contributed by atoms with E-state index in [2.05, 4.69) is 5.32 Å². The quantitative estimate of drug-likeness (QED) is 0.559. The summed E-state index contributed by atoms with van der Waals surface area (Å²) in [7, 11) is 0. The third-order valence-electron chi connectivity index (χ3n) is 4.06. The molecule has 0 unspecified atom stereocenters. The van der Waals surface area contributed by atoms with Crippen molar-refractivity contribution >= 4 is 35.2 Å². The molecule has 6 heteroatoms. The van der Waals surface area contributed by atoms with Crippen molar-refractivity contribution in [3.05, 3.63) is 101 Å². The van der Waals surface area contributed by atoms with Gasteiger partial charge in [-0.3, -0.25) is 9.59 Å². The lowest BCUT2D eigenvalue weighted by Crippen LogP contribution is -2.12. The van der Waals surface area contributed by atoms with Crippen molar-refractivity contribution in [1.82, 2.24) is 0 Å². The Kier molecular flexibility index (Phi) is 6.66. The number of anilines is 1. The molecule has 5 nitrogen and oxygen atoms in total. The Morgan fingerprint density at radius 1 is 1.00 bits per heavy atom. The normalized spacial score (nSPS) is 10.7. The second kappa shape index (κ2) is 9.57. The van der Waals surface area contributed by atoms with Gasteiger partial charge in [0, 0.05) is 11.8 Å². The van der Waals surface area contributed by atoms with Crippen LogP contribution in [0.1, 0.15) is 21.5 Å². The molecule has 0 aromatic heterocycles. The van der Waals surface area contributed by atoms with Gasteiger partial charge < -0.3 is 15.8 Å². The molecule has 29 heavy (non-hydrogen) atoms. The monoisotopic (exact) mass is 406 g/mol. The average Bonchev–Trinajstić information content (AvgIpc) is 2.72. The maximum absolute atomic E-state index is 12.1. The fourth-order valence-corrected chi connectivity index (χ4v) is 2.84. The molecule has 0 saturated heterocycles. The van der Waals surface area contributed by atoms with Crippen LogP contribution in [0.5, 0.6) is 5.75 Å². The highest BCUT2D eigenvalue weighted by Crippen LogP contribution is 2.21. The number of carbonyl (C=O) groups excluding carboxylic acids is 2. The summed E-state index contributed by atoms with van der Waals surface area (Å²) in [5.41, 5.74) is 7.83. The van der Waals surface area contributed by atoms with E-state index in [1.54, 1.807) is 12.1 Å². The molecule has 0 bridgehead atoms. The van der Waals surface area contributed by atoms with Gasteiger partial charge >= 0.3 is 0 Å². The van der Waals surface area contributed by atoms with Crippen LogP contribution in [0.2, 0.25) is 5.02 Å². The van der Waals surface area contributed by atoms with E-state index in [0.717, 1.165) is 16.9 Å². The number of nitrogens with one attached hydrogen (secondary N) is 1. The zero-order valence-corrected chi connectivity index (χ0v) is 16.2. The van der Waals surface area contributed by atoms with E-state index in [0.29, 0.717) is 12.3 Å². The van der Waals surface area contributed by atoms with Crippen molar-refractivity contribution in [1.29, 1.82) is 0 Å². The number of benzene rings is 3. The number of nitrogens with two attached hydrogens (primary N) is 1. The van der Waals surface area contributed by atoms with Gasteiger partial charge in [0.1, 0.15) is 12.4 Å². The third-order valence-corrected chi connectivity index (χ3v) is 4.37. The molecule has 0 radical (unpaired) electrons. The molecule has 0 heterocycles. The highest BCUT2D eigenvalue weighted by atomic mass is 35.5. The molecule has 0 fully saturated rings. The summed E-state index contributed by atoms with van der Waals surface area (Å²) in [6.45, 7) is 0.496. The first-order valence-electron chi connectivity index (χ1n) is 8.86. The molecule has 0 aliphatic heterocycles. The second-order valence-electron chi connectivity index (χ2n) is 6.22. The molecule has 0 atom stereocenters. The molecule has 3 aromatic carbocycles. The fraction of sp³-hybridized carbons (Fsp3) is 0.0435. The van der Waals surface area contributed by atoms with E-state index in [1.807, 2.05) is 54.6 Å². The zero-order chi connectivity index (χ0) is 20.6. The molecule has 0 aliphatic rings. The lowest BCUT2D eigenvalue weighted by atomic mass is 10.2. The lowest BCUT2D eigenvalue weighted by Gasteiger charge is -2.06. The van der Waals surface area contributed by atoms with Crippen LogP contribution in [-0.2, 0) is 11.4 Å². The number of ether oxygens (including phenoxy) is 1. The first kappa shape index (κ1) is 20.2. The number of hydrogen-bond donors (Lipinski definition) is 2. The van der Waals surface area contributed by atoms with Crippen LogP contribution >= 0.6 is 11.6 Å².